The lowest BCUT2D eigenvalue weighted by atomic mass is 10.0. The van der Waals surface area contributed by atoms with Crippen LogP contribution in [0.25, 0.3) is 0 Å². The van der Waals surface area contributed by atoms with E-state index in [1.807, 2.05) is 0 Å². The summed E-state index contributed by atoms with van der Waals surface area (Å²) in [7, 11) is -4.74. The summed E-state index contributed by atoms with van der Waals surface area (Å²) < 4.78 is 26.2. The molecule has 0 heterocycles. The molecule has 8 nitrogen and oxygen atoms in total. The Morgan fingerprint density at radius 2 is 0.783 bits per heavy atom. The molecular weight excluding hydrogens is 603 g/mol. The SMILES string of the molecule is CCCCCCCCCCCCCCCCCCCCCCC(=O)O[C@H](COC(=O)CCCCCCCCCC)COP(=O)(O)O. The molecule has 2 N–H and O–H groups in total. The van der Waals surface area contributed by atoms with Gasteiger partial charge in [0, 0.05) is 12.8 Å². The number of phosphoric ester groups is 1. The molecule has 0 rings (SSSR count). The van der Waals surface area contributed by atoms with Gasteiger partial charge in [0.1, 0.15) is 6.61 Å². The Labute approximate surface area is 283 Å². The Morgan fingerprint density at radius 1 is 0.478 bits per heavy atom. The van der Waals surface area contributed by atoms with E-state index in [0.29, 0.717) is 6.42 Å². The lowest BCUT2D eigenvalue weighted by Crippen LogP contribution is -2.29. The predicted octanol–water partition coefficient (Wildman–Crippen LogP) is 11.3. The molecule has 0 aliphatic carbocycles. The van der Waals surface area contributed by atoms with E-state index in [1.165, 1.54) is 141 Å². The van der Waals surface area contributed by atoms with Crippen LogP contribution in [0.4, 0.5) is 0 Å². The van der Waals surface area contributed by atoms with Gasteiger partial charge in [-0.3, -0.25) is 14.1 Å². The molecule has 1 atom stereocenters. The largest absolute Gasteiger partial charge is 0.469 e. The third kappa shape index (κ3) is 35.9. The highest BCUT2D eigenvalue weighted by molar-refractivity contribution is 7.46. The van der Waals surface area contributed by atoms with Crippen LogP contribution in [0, 0.1) is 0 Å². The maximum atomic E-state index is 12.3. The molecule has 274 valence electrons. The summed E-state index contributed by atoms with van der Waals surface area (Å²) in [5, 5.41) is 0. The number of hydrogen-bond donors (Lipinski definition) is 2. The average molecular weight is 677 g/mol. The number of ether oxygens (including phenoxy) is 2. The van der Waals surface area contributed by atoms with Gasteiger partial charge in [-0.15, -0.1) is 0 Å². The first-order valence-corrected chi connectivity index (χ1v) is 20.9. The van der Waals surface area contributed by atoms with Crippen LogP contribution in [0.1, 0.15) is 206 Å². The van der Waals surface area contributed by atoms with Crippen molar-refractivity contribution >= 4 is 19.8 Å². The van der Waals surface area contributed by atoms with E-state index in [-0.39, 0.29) is 19.4 Å². The van der Waals surface area contributed by atoms with Gasteiger partial charge in [0.15, 0.2) is 6.10 Å². The molecule has 0 unspecified atom stereocenters. The summed E-state index contributed by atoms with van der Waals surface area (Å²) in [4.78, 5) is 42.5. The minimum absolute atomic E-state index is 0.220. The zero-order valence-corrected chi connectivity index (χ0v) is 30.9. The minimum atomic E-state index is -4.74. The Balaban J connectivity index is 3.81. The normalized spacial score (nSPS) is 12.3. The Bertz CT molecular complexity index is 726. The molecule has 0 saturated carbocycles. The molecule has 9 heteroatoms. The second-order valence-electron chi connectivity index (χ2n) is 13.3. The summed E-state index contributed by atoms with van der Waals surface area (Å²) >= 11 is 0. The molecule has 0 aliphatic heterocycles. The fraction of sp³-hybridized carbons (Fsp3) is 0.946. The van der Waals surface area contributed by atoms with Gasteiger partial charge in [0.25, 0.3) is 0 Å². The zero-order chi connectivity index (χ0) is 34.0. The number of rotatable bonds is 36. The number of phosphoric acid groups is 1. The molecule has 0 aromatic heterocycles. The highest BCUT2D eigenvalue weighted by Gasteiger charge is 2.22. The quantitative estimate of drug-likeness (QED) is 0.0382. The fourth-order valence-corrected chi connectivity index (χ4v) is 6.09. The summed E-state index contributed by atoms with van der Waals surface area (Å²) in [6, 6.07) is 0. The van der Waals surface area contributed by atoms with E-state index in [0.717, 1.165) is 32.1 Å². The van der Waals surface area contributed by atoms with E-state index in [1.54, 1.807) is 0 Å². The molecule has 0 bridgehead atoms. The van der Waals surface area contributed by atoms with Crippen molar-refractivity contribution in [1.82, 2.24) is 0 Å². The fourth-order valence-electron chi connectivity index (χ4n) is 5.73. The summed E-state index contributed by atoms with van der Waals surface area (Å²) in [6.45, 7) is 3.66. The lowest BCUT2D eigenvalue weighted by molar-refractivity contribution is -0.161. The highest BCUT2D eigenvalue weighted by atomic mass is 31.2. The van der Waals surface area contributed by atoms with Crippen LogP contribution in [0.3, 0.4) is 0 Å². The first-order valence-electron chi connectivity index (χ1n) is 19.3. The Hall–Kier alpha value is -0.950. The van der Waals surface area contributed by atoms with Gasteiger partial charge < -0.3 is 19.3 Å². The van der Waals surface area contributed by atoms with Crippen molar-refractivity contribution in [1.29, 1.82) is 0 Å². The maximum absolute atomic E-state index is 12.3. The molecule has 0 fully saturated rings. The van der Waals surface area contributed by atoms with E-state index in [2.05, 4.69) is 18.4 Å². The summed E-state index contributed by atoms with van der Waals surface area (Å²) in [6.07, 6.45) is 34.2. The first-order chi connectivity index (χ1) is 22.3. The van der Waals surface area contributed by atoms with Crippen molar-refractivity contribution in [3.8, 4) is 0 Å². The molecule has 0 amide bonds. The van der Waals surface area contributed by atoms with E-state index in [4.69, 9.17) is 19.3 Å². The first kappa shape index (κ1) is 45.0. The number of carbonyl (C=O) groups excluding carboxylic acids is 2. The topological polar surface area (TPSA) is 119 Å². The zero-order valence-electron chi connectivity index (χ0n) is 30.0. The minimum Gasteiger partial charge on any atom is -0.462 e. The van der Waals surface area contributed by atoms with Crippen molar-refractivity contribution in [2.45, 2.75) is 213 Å². The van der Waals surface area contributed by atoms with Crippen molar-refractivity contribution in [2.75, 3.05) is 13.2 Å². The molecule has 0 radical (unpaired) electrons. The summed E-state index contributed by atoms with van der Waals surface area (Å²) in [5.41, 5.74) is 0. The van der Waals surface area contributed by atoms with Gasteiger partial charge >= 0.3 is 19.8 Å². The second kappa shape index (κ2) is 33.9. The van der Waals surface area contributed by atoms with Gasteiger partial charge in [-0.25, -0.2) is 4.57 Å². The van der Waals surface area contributed by atoms with Crippen molar-refractivity contribution < 1.29 is 37.9 Å². The molecule has 46 heavy (non-hydrogen) atoms. The number of unbranched alkanes of at least 4 members (excludes halogenated alkanes) is 26. The van der Waals surface area contributed by atoms with E-state index < -0.39 is 32.5 Å². The molecule has 0 spiro atoms. The maximum Gasteiger partial charge on any atom is 0.469 e. The van der Waals surface area contributed by atoms with Gasteiger partial charge in [0.2, 0.25) is 0 Å². The molecule has 0 saturated heterocycles. The van der Waals surface area contributed by atoms with E-state index >= 15 is 0 Å². The van der Waals surface area contributed by atoms with Crippen LogP contribution in [-0.4, -0.2) is 41.0 Å². The smallest absolute Gasteiger partial charge is 0.462 e. The van der Waals surface area contributed by atoms with Gasteiger partial charge in [-0.2, -0.15) is 0 Å². The molecule has 0 aliphatic rings. The third-order valence-electron chi connectivity index (χ3n) is 8.63. The molecule has 0 aromatic carbocycles. The van der Waals surface area contributed by atoms with Gasteiger partial charge in [-0.1, -0.05) is 181 Å². The lowest BCUT2D eigenvalue weighted by Gasteiger charge is -2.18. The van der Waals surface area contributed by atoms with Crippen LogP contribution in [0.5, 0.6) is 0 Å². The Kier molecular flexibility index (Phi) is 33.2. The number of hydrogen-bond acceptors (Lipinski definition) is 6. The van der Waals surface area contributed by atoms with Crippen molar-refractivity contribution in [2.24, 2.45) is 0 Å². The van der Waals surface area contributed by atoms with E-state index in [9.17, 15) is 14.2 Å². The average Bonchev–Trinajstić information content (AvgIpc) is 3.02. The number of carbonyl (C=O) groups is 2. The van der Waals surface area contributed by atoms with Crippen molar-refractivity contribution in [3.05, 3.63) is 0 Å². The Morgan fingerprint density at radius 3 is 1.11 bits per heavy atom. The number of esters is 2. The second-order valence-corrected chi connectivity index (χ2v) is 14.5. The van der Waals surface area contributed by atoms with Gasteiger partial charge in [0.05, 0.1) is 6.61 Å². The van der Waals surface area contributed by atoms with Crippen LogP contribution in [-0.2, 0) is 28.2 Å². The van der Waals surface area contributed by atoms with Crippen LogP contribution in [0.15, 0.2) is 0 Å². The predicted molar refractivity (Wildman–Crippen MR) is 189 cm³/mol. The van der Waals surface area contributed by atoms with Crippen LogP contribution < -0.4 is 0 Å². The van der Waals surface area contributed by atoms with Gasteiger partial charge in [-0.05, 0) is 12.8 Å². The van der Waals surface area contributed by atoms with Crippen LogP contribution in [0.2, 0.25) is 0 Å². The molecule has 0 aromatic rings. The highest BCUT2D eigenvalue weighted by Crippen LogP contribution is 2.36. The molecular formula is C37H73O8P. The third-order valence-corrected chi connectivity index (χ3v) is 9.11. The summed E-state index contributed by atoms with van der Waals surface area (Å²) in [5.74, 6) is -0.877. The monoisotopic (exact) mass is 677 g/mol. The standard InChI is InChI=1S/C37H73O8P/c1-3-5-7-9-11-13-14-15-16-17-18-19-20-21-22-23-24-26-28-30-32-37(39)45-35(34-44-46(40,41)42)33-43-36(38)31-29-27-25-12-10-8-6-4-2/h35H,3-34H2,1-2H3,(H2,40,41,42)/t35-/m1/s1. The van der Waals surface area contributed by atoms with Crippen molar-refractivity contribution in [3.63, 3.8) is 0 Å². The van der Waals surface area contributed by atoms with Crippen LogP contribution >= 0.6 is 7.82 Å².